The van der Waals surface area contributed by atoms with Gasteiger partial charge in [-0.1, -0.05) is 12.1 Å². The van der Waals surface area contributed by atoms with Crippen molar-refractivity contribution in [1.82, 2.24) is 10.2 Å². The molecule has 1 N–H and O–H groups in total. The highest BCUT2D eigenvalue weighted by Crippen LogP contribution is 2.09. The lowest BCUT2D eigenvalue weighted by Crippen LogP contribution is -2.42. The minimum atomic E-state index is -0.244. The van der Waals surface area contributed by atoms with Crippen LogP contribution in [0.15, 0.2) is 24.3 Å². The molecule has 0 spiro atoms. The van der Waals surface area contributed by atoms with Gasteiger partial charge in [-0.05, 0) is 24.6 Å². The molecule has 0 amide bonds. The lowest BCUT2D eigenvalue weighted by molar-refractivity contribution is 0.0526. The molecule has 0 atom stereocenters. The second-order valence-electron chi connectivity index (χ2n) is 4.44. The van der Waals surface area contributed by atoms with Gasteiger partial charge < -0.3 is 10.1 Å². The average molecular weight is 248 g/mol. The maximum atomic E-state index is 11.5. The summed E-state index contributed by atoms with van der Waals surface area (Å²) in [5, 5.41) is 3.34. The fraction of sp³-hybridized carbons (Fsp3) is 0.500. The number of rotatable bonds is 4. The molecule has 2 rings (SSSR count). The molecule has 0 aliphatic carbocycles. The van der Waals surface area contributed by atoms with E-state index in [-0.39, 0.29) is 5.97 Å². The molecule has 4 heteroatoms. The second-order valence-corrected chi connectivity index (χ2v) is 4.44. The molecule has 1 saturated heterocycles. The summed E-state index contributed by atoms with van der Waals surface area (Å²) >= 11 is 0. The van der Waals surface area contributed by atoms with E-state index in [1.54, 1.807) is 0 Å². The minimum Gasteiger partial charge on any atom is -0.462 e. The summed E-state index contributed by atoms with van der Waals surface area (Å²) in [4.78, 5) is 13.9. The Hall–Kier alpha value is -1.39. The molecule has 1 aromatic rings. The summed E-state index contributed by atoms with van der Waals surface area (Å²) < 4.78 is 4.96. The van der Waals surface area contributed by atoms with Crippen LogP contribution in [0.5, 0.6) is 0 Å². The molecule has 0 unspecified atom stereocenters. The van der Waals surface area contributed by atoms with Crippen molar-refractivity contribution in [2.75, 3.05) is 32.8 Å². The summed E-state index contributed by atoms with van der Waals surface area (Å²) in [5.41, 5.74) is 1.87. The number of hydrogen-bond acceptors (Lipinski definition) is 4. The molecule has 1 aromatic carbocycles. The number of nitrogens with one attached hydrogen (secondary N) is 1. The average Bonchev–Trinajstić information content (AvgIpc) is 2.41. The van der Waals surface area contributed by atoms with Gasteiger partial charge in [0.25, 0.3) is 0 Å². The van der Waals surface area contributed by atoms with Crippen LogP contribution in [0.2, 0.25) is 0 Å². The van der Waals surface area contributed by atoms with E-state index in [1.165, 1.54) is 5.56 Å². The first-order valence-electron chi connectivity index (χ1n) is 6.48. The first kappa shape index (κ1) is 13.1. The molecular formula is C14H20N2O2. The molecular weight excluding hydrogens is 228 g/mol. The number of esters is 1. The third-order valence-electron chi connectivity index (χ3n) is 3.08. The van der Waals surface area contributed by atoms with E-state index in [2.05, 4.69) is 10.2 Å². The standard InChI is InChI=1S/C14H20N2O2/c1-2-18-14(17)13-5-3-12(4-6-13)11-16-9-7-15-8-10-16/h3-6,15H,2,7-11H2,1H3. The zero-order valence-corrected chi connectivity index (χ0v) is 10.8. The predicted molar refractivity (Wildman–Crippen MR) is 70.5 cm³/mol. The van der Waals surface area contributed by atoms with Crippen molar-refractivity contribution in [3.8, 4) is 0 Å². The Morgan fingerprint density at radius 2 is 1.94 bits per heavy atom. The smallest absolute Gasteiger partial charge is 0.338 e. The van der Waals surface area contributed by atoms with Crippen molar-refractivity contribution >= 4 is 5.97 Å². The fourth-order valence-corrected chi connectivity index (χ4v) is 2.09. The van der Waals surface area contributed by atoms with Crippen LogP contribution in [-0.4, -0.2) is 43.7 Å². The highest BCUT2D eigenvalue weighted by atomic mass is 16.5. The Labute approximate surface area is 108 Å². The van der Waals surface area contributed by atoms with Gasteiger partial charge in [0.1, 0.15) is 0 Å². The normalized spacial score (nSPS) is 16.5. The van der Waals surface area contributed by atoms with Crippen molar-refractivity contribution in [2.24, 2.45) is 0 Å². The van der Waals surface area contributed by atoms with Gasteiger partial charge in [-0.3, -0.25) is 4.90 Å². The molecule has 0 radical (unpaired) electrons. The van der Waals surface area contributed by atoms with E-state index in [9.17, 15) is 4.79 Å². The van der Waals surface area contributed by atoms with Gasteiger partial charge in [-0.15, -0.1) is 0 Å². The van der Waals surface area contributed by atoms with Gasteiger partial charge in [0.05, 0.1) is 12.2 Å². The Kier molecular flexibility index (Phi) is 4.73. The quantitative estimate of drug-likeness (QED) is 0.815. The maximum absolute atomic E-state index is 11.5. The van der Waals surface area contributed by atoms with E-state index in [1.807, 2.05) is 31.2 Å². The van der Waals surface area contributed by atoms with Crippen LogP contribution in [-0.2, 0) is 11.3 Å². The number of piperazine rings is 1. The van der Waals surface area contributed by atoms with Crippen LogP contribution in [0.1, 0.15) is 22.8 Å². The number of carbonyl (C=O) groups excluding carboxylic acids is 1. The number of nitrogens with zero attached hydrogens (tertiary/aromatic N) is 1. The predicted octanol–water partition coefficient (Wildman–Crippen LogP) is 1.27. The summed E-state index contributed by atoms with van der Waals surface area (Å²) in [6.07, 6.45) is 0. The molecule has 18 heavy (non-hydrogen) atoms. The number of carbonyl (C=O) groups is 1. The lowest BCUT2D eigenvalue weighted by Gasteiger charge is -2.27. The van der Waals surface area contributed by atoms with E-state index < -0.39 is 0 Å². The molecule has 1 fully saturated rings. The molecule has 1 heterocycles. The van der Waals surface area contributed by atoms with E-state index in [0.29, 0.717) is 12.2 Å². The van der Waals surface area contributed by atoms with Crippen LogP contribution in [0.25, 0.3) is 0 Å². The number of benzene rings is 1. The Bertz CT molecular complexity index is 383. The Balaban J connectivity index is 1.92. The highest BCUT2D eigenvalue weighted by molar-refractivity contribution is 5.89. The van der Waals surface area contributed by atoms with Crippen LogP contribution in [0, 0.1) is 0 Å². The van der Waals surface area contributed by atoms with Gasteiger partial charge in [0, 0.05) is 32.7 Å². The van der Waals surface area contributed by atoms with Crippen molar-refractivity contribution < 1.29 is 9.53 Å². The van der Waals surface area contributed by atoms with E-state index >= 15 is 0 Å². The Morgan fingerprint density at radius 3 is 2.56 bits per heavy atom. The second kappa shape index (κ2) is 6.52. The topological polar surface area (TPSA) is 41.6 Å². The number of ether oxygens (including phenoxy) is 1. The zero-order valence-electron chi connectivity index (χ0n) is 10.8. The molecule has 4 nitrogen and oxygen atoms in total. The van der Waals surface area contributed by atoms with E-state index in [4.69, 9.17) is 4.74 Å². The first-order chi connectivity index (χ1) is 8.79. The van der Waals surface area contributed by atoms with E-state index in [0.717, 1.165) is 32.7 Å². The fourth-order valence-electron chi connectivity index (χ4n) is 2.09. The van der Waals surface area contributed by atoms with Gasteiger partial charge in [-0.25, -0.2) is 4.79 Å². The lowest BCUT2D eigenvalue weighted by atomic mass is 10.1. The molecule has 0 bridgehead atoms. The largest absolute Gasteiger partial charge is 0.462 e. The van der Waals surface area contributed by atoms with Crippen molar-refractivity contribution in [1.29, 1.82) is 0 Å². The maximum Gasteiger partial charge on any atom is 0.338 e. The molecule has 1 aliphatic heterocycles. The third kappa shape index (κ3) is 3.55. The summed E-state index contributed by atoms with van der Waals surface area (Å²) in [6.45, 7) is 7.46. The van der Waals surface area contributed by atoms with Crippen molar-refractivity contribution in [2.45, 2.75) is 13.5 Å². The summed E-state index contributed by atoms with van der Waals surface area (Å²) in [6, 6.07) is 7.70. The SMILES string of the molecule is CCOC(=O)c1ccc(CN2CCNCC2)cc1. The molecule has 98 valence electrons. The van der Waals surface area contributed by atoms with Gasteiger partial charge >= 0.3 is 5.97 Å². The summed E-state index contributed by atoms with van der Waals surface area (Å²) in [7, 11) is 0. The van der Waals surface area contributed by atoms with Crippen LogP contribution >= 0.6 is 0 Å². The first-order valence-corrected chi connectivity index (χ1v) is 6.48. The third-order valence-corrected chi connectivity index (χ3v) is 3.08. The minimum absolute atomic E-state index is 0.244. The Morgan fingerprint density at radius 1 is 1.28 bits per heavy atom. The van der Waals surface area contributed by atoms with Crippen LogP contribution < -0.4 is 5.32 Å². The van der Waals surface area contributed by atoms with Crippen LogP contribution in [0.4, 0.5) is 0 Å². The molecule has 0 saturated carbocycles. The van der Waals surface area contributed by atoms with Gasteiger partial charge in [0.15, 0.2) is 0 Å². The van der Waals surface area contributed by atoms with Crippen molar-refractivity contribution in [3.05, 3.63) is 35.4 Å². The van der Waals surface area contributed by atoms with Crippen LogP contribution in [0.3, 0.4) is 0 Å². The monoisotopic (exact) mass is 248 g/mol. The number of hydrogen-bond donors (Lipinski definition) is 1. The molecule has 0 aromatic heterocycles. The van der Waals surface area contributed by atoms with Gasteiger partial charge in [-0.2, -0.15) is 0 Å². The molecule has 1 aliphatic rings. The van der Waals surface area contributed by atoms with Crippen molar-refractivity contribution in [3.63, 3.8) is 0 Å². The zero-order chi connectivity index (χ0) is 12.8. The highest BCUT2D eigenvalue weighted by Gasteiger charge is 2.10. The summed E-state index contributed by atoms with van der Waals surface area (Å²) in [5.74, 6) is -0.244. The van der Waals surface area contributed by atoms with Gasteiger partial charge in [0.2, 0.25) is 0 Å².